The van der Waals surface area contributed by atoms with Crippen molar-refractivity contribution in [3.63, 3.8) is 0 Å². The van der Waals surface area contributed by atoms with Crippen molar-refractivity contribution in [3.05, 3.63) is 23.3 Å². The van der Waals surface area contributed by atoms with E-state index in [1.165, 1.54) is 38.9 Å². The van der Waals surface area contributed by atoms with Crippen LogP contribution in [0.4, 0.5) is 0 Å². The molecule has 2 N–H and O–H groups in total. The summed E-state index contributed by atoms with van der Waals surface area (Å²) in [5, 5.41) is 12.6. The number of carbonyl (C=O) groups is 1. The highest BCUT2D eigenvalue weighted by atomic mass is 16.5. The van der Waals surface area contributed by atoms with Gasteiger partial charge in [0.2, 0.25) is 5.91 Å². The van der Waals surface area contributed by atoms with Gasteiger partial charge in [0.1, 0.15) is 0 Å². The van der Waals surface area contributed by atoms with Crippen LogP contribution in [0.5, 0.6) is 11.5 Å². The lowest BCUT2D eigenvalue weighted by Crippen LogP contribution is -2.22. The molecule has 0 unspecified atom stereocenters. The van der Waals surface area contributed by atoms with Crippen molar-refractivity contribution in [3.8, 4) is 23.8 Å². The summed E-state index contributed by atoms with van der Waals surface area (Å²) in [6.07, 6.45) is 12.9. The van der Waals surface area contributed by atoms with Crippen LogP contribution in [-0.4, -0.2) is 18.1 Å². The van der Waals surface area contributed by atoms with Gasteiger partial charge in [-0.3, -0.25) is 4.79 Å². The molecule has 0 heterocycles. The molecular weight excluding hydrogens is 290 g/mol. The third kappa shape index (κ3) is 6.65. The molecule has 4 heteroatoms. The lowest BCUT2D eigenvalue weighted by atomic mass is 10.1. The summed E-state index contributed by atoms with van der Waals surface area (Å²) in [6, 6.07) is 3.14. The Kier molecular flexibility index (Phi) is 8.67. The Morgan fingerprint density at radius 1 is 1.26 bits per heavy atom. The maximum absolute atomic E-state index is 11.9. The summed E-state index contributed by atoms with van der Waals surface area (Å²) < 4.78 is 5.07. The Morgan fingerprint density at radius 2 is 1.96 bits per heavy atom. The van der Waals surface area contributed by atoms with E-state index in [0.29, 0.717) is 24.3 Å². The van der Waals surface area contributed by atoms with Crippen molar-refractivity contribution in [2.45, 2.75) is 58.4 Å². The highest BCUT2D eigenvalue weighted by molar-refractivity contribution is 5.76. The van der Waals surface area contributed by atoms with E-state index in [1.54, 1.807) is 6.07 Å². The van der Waals surface area contributed by atoms with E-state index in [4.69, 9.17) is 11.2 Å². The summed E-state index contributed by atoms with van der Waals surface area (Å²) in [5.74, 6) is 2.89. The number of nitrogens with one attached hydrogen (secondary N) is 1. The zero-order chi connectivity index (χ0) is 17.1. The summed E-state index contributed by atoms with van der Waals surface area (Å²) in [5.41, 5.74) is 1.32. The Bertz CT molecular complexity index is 546. The van der Waals surface area contributed by atoms with Crippen LogP contribution in [0.25, 0.3) is 0 Å². The molecule has 126 valence electrons. The fourth-order valence-electron chi connectivity index (χ4n) is 2.40. The number of terminal acetylenes is 1. The summed E-state index contributed by atoms with van der Waals surface area (Å²) in [6.45, 7) is 2.53. The van der Waals surface area contributed by atoms with Gasteiger partial charge in [-0.2, -0.15) is 0 Å². The third-order valence-corrected chi connectivity index (χ3v) is 3.79. The number of hydrogen-bond acceptors (Lipinski definition) is 3. The molecule has 0 saturated carbocycles. The van der Waals surface area contributed by atoms with Gasteiger partial charge in [0, 0.05) is 18.5 Å². The maximum Gasteiger partial charge on any atom is 0.220 e. The molecule has 23 heavy (non-hydrogen) atoms. The van der Waals surface area contributed by atoms with Crippen molar-refractivity contribution in [1.82, 2.24) is 5.32 Å². The number of unbranched alkanes of at least 4 members (excludes halogenated alkanes) is 5. The highest BCUT2D eigenvalue weighted by Crippen LogP contribution is 2.29. The van der Waals surface area contributed by atoms with Crippen molar-refractivity contribution < 1.29 is 14.6 Å². The first kappa shape index (κ1) is 18.9. The fourth-order valence-corrected chi connectivity index (χ4v) is 2.40. The molecule has 4 nitrogen and oxygen atoms in total. The van der Waals surface area contributed by atoms with Gasteiger partial charge >= 0.3 is 0 Å². The topological polar surface area (TPSA) is 58.6 Å². The number of benzene rings is 1. The van der Waals surface area contributed by atoms with E-state index in [2.05, 4.69) is 18.2 Å². The van der Waals surface area contributed by atoms with Crippen LogP contribution in [-0.2, 0) is 11.3 Å². The minimum Gasteiger partial charge on any atom is -0.504 e. The van der Waals surface area contributed by atoms with Gasteiger partial charge in [-0.1, -0.05) is 44.9 Å². The van der Waals surface area contributed by atoms with Crippen LogP contribution < -0.4 is 10.1 Å². The molecule has 0 aromatic heterocycles. The minimum atomic E-state index is 0.00241. The lowest BCUT2D eigenvalue weighted by Gasteiger charge is -2.11. The number of aromatic hydroxyl groups is 1. The predicted octanol–water partition coefficient (Wildman–Crippen LogP) is 3.75. The second-order valence-corrected chi connectivity index (χ2v) is 5.62. The quantitative estimate of drug-likeness (QED) is 0.510. The van der Waals surface area contributed by atoms with Crippen molar-refractivity contribution >= 4 is 5.91 Å². The van der Waals surface area contributed by atoms with Crippen LogP contribution in [0.15, 0.2) is 12.1 Å². The van der Waals surface area contributed by atoms with E-state index in [9.17, 15) is 9.90 Å². The van der Waals surface area contributed by atoms with E-state index in [1.807, 2.05) is 0 Å². The fraction of sp³-hybridized carbons (Fsp3) is 0.526. The Morgan fingerprint density at radius 3 is 2.61 bits per heavy atom. The first-order valence-electron chi connectivity index (χ1n) is 8.25. The third-order valence-electron chi connectivity index (χ3n) is 3.79. The van der Waals surface area contributed by atoms with E-state index < -0.39 is 0 Å². The summed E-state index contributed by atoms with van der Waals surface area (Å²) >= 11 is 0. The molecule has 1 aromatic carbocycles. The first-order valence-corrected chi connectivity index (χ1v) is 8.25. The number of carbonyl (C=O) groups excluding carboxylic acids is 1. The molecular formula is C19H27NO3. The van der Waals surface area contributed by atoms with Gasteiger partial charge in [0.25, 0.3) is 0 Å². The zero-order valence-corrected chi connectivity index (χ0v) is 14.2. The van der Waals surface area contributed by atoms with Gasteiger partial charge in [-0.15, -0.1) is 6.42 Å². The maximum atomic E-state index is 11.9. The first-order chi connectivity index (χ1) is 11.1. The number of amides is 1. The molecule has 1 aromatic rings. The van der Waals surface area contributed by atoms with Gasteiger partial charge in [-0.25, -0.2) is 0 Å². The van der Waals surface area contributed by atoms with Gasteiger partial charge in [0.15, 0.2) is 11.5 Å². The lowest BCUT2D eigenvalue weighted by molar-refractivity contribution is -0.121. The summed E-state index contributed by atoms with van der Waals surface area (Å²) in [4.78, 5) is 11.9. The second-order valence-electron chi connectivity index (χ2n) is 5.62. The number of ether oxygens (including phenoxy) is 1. The Labute approximate surface area is 139 Å². The van der Waals surface area contributed by atoms with Gasteiger partial charge in [-0.05, 0) is 24.1 Å². The molecule has 0 atom stereocenters. The Balaban J connectivity index is 2.42. The molecule has 0 bridgehead atoms. The van der Waals surface area contributed by atoms with Gasteiger partial charge in [0.05, 0.1) is 7.11 Å². The SMILES string of the molecule is C#Cc1cc(O)c(OC)cc1CNC(=O)CCCCCCCC. The van der Waals surface area contributed by atoms with Crippen LogP contribution in [0.3, 0.4) is 0 Å². The standard InChI is InChI=1S/C19H27NO3/c1-4-6-7-8-9-10-11-19(22)20-14-16-13-18(23-3)17(21)12-15(16)5-2/h2,12-13,21H,4,6-11,14H2,1,3H3,(H,20,22). The normalized spacial score (nSPS) is 10.1. The van der Waals surface area contributed by atoms with E-state index in [-0.39, 0.29) is 11.7 Å². The van der Waals surface area contributed by atoms with Crippen LogP contribution in [0, 0.1) is 12.3 Å². The number of methoxy groups -OCH3 is 1. The monoisotopic (exact) mass is 317 g/mol. The average Bonchev–Trinajstić information content (AvgIpc) is 2.56. The number of hydrogen-bond donors (Lipinski definition) is 2. The van der Waals surface area contributed by atoms with E-state index in [0.717, 1.165) is 18.4 Å². The average molecular weight is 317 g/mol. The zero-order valence-electron chi connectivity index (χ0n) is 14.2. The molecule has 0 aliphatic heterocycles. The van der Waals surface area contributed by atoms with Crippen LogP contribution in [0.2, 0.25) is 0 Å². The molecule has 0 fully saturated rings. The van der Waals surface area contributed by atoms with Crippen LogP contribution >= 0.6 is 0 Å². The molecule has 1 rings (SSSR count). The van der Waals surface area contributed by atoms with Crippen molar-refractivity contribution in [1.29, 1.82) is 0 Å². The van der Waals surface area contributed by atoms with E-state index >= 15 is 0 Å². The highest BCUT2D eigenvalue weighted by Gasteiger charge is 2.09. The van der Waals surface area contributed by atoms with Gasteiger partial charge < -0.3 is 15.2 Å². The smallest absolute Gasteiger partial charge is 0.220 e. The number of rotatable bonds is 10. The largest absolute Gasteiger partial charge is 0.504 e. The second kappa shape index (κ2) is 10.6. The number of phenolic OH excluding ortho intramolecular Hbond substituents is 1. The molecule has 0 radical (unpaired) electrons. The molecule has 0 saturated heterocycles. The van der Waals surface area contributed by atoms with Crippen molar-refractivity contribution in [2.75, 3.05) is 7.11 Å². The molecule has 0 spiro atoms. The van der Waals surface area contributed by atoms with Crippen molar-refractivity contribution in [2.24, 2.45) is 0 Å². The number of phenols is 1. The minimum absolute atomic E-state index is 0.00241. The molecule has 0 aliphatic rings. The molecule has 0 aliphatic carbocycles. The molecule has 1 amide bonds. The summed E-state index contributed by atoms with van der Waals surface area (Å²) in [7, 11) is 1.48. The predicted molar refractivity (Wildman–Crippen MR) is 92.4 cm³/mol. The Hall–Kier alpha value is -2.15. The van der Waals surface area contributed by atoms with Crippen LogP contribution in [0.1, 0.15) is 63.0 Å².